The van der Waals surface area contributed by atoms with Gasteiger partial charge in [-0.05, 0) is 38.6 Å². The van der Waals surface area contributed by atoms with E-state index in [9.17, 15) is 9.90 Å². The molecule has 0 aromatic heterocycles. The van der Waals surface area contributed by atoms with Crippen molar-refractivity contribution in [3.05, 3.63) is 0 Å². The Hall–Kier alpha value is -0.610. The Bertz CT molecular complexity index is 254. The van der Waals surface area contributed by atoms with Crippen molar-refractivity contribution < 1.29 is 9.90 Å². The lowest BCUT2D eigenvalue weighted by Crippen LogP contribution is -2.47. The molecule has 106 valence electrons. The van der Waals surface area contributed by atoms with E-state index in [0.29, 0.717) is 18.5 Å². The van der Waals surface area contributed by atoms with Gasteiger partial charge >= 0.3 is 0 Å². The first kappa shape index (κ1) is 15.4. The van der Waals surface area contributed by atoms with Crippen molar-refractivity contribution in [1.82, 2.24) is 10.2 Å². The molecule has 0 saturated carbocycles. The average molecular weight is 256 g/mol. The second-order valence-electron chi connectivity index (χ2n) is 5.90. The average Bonchev–Trinajstić information content (AvgIpc) is 2.28. The molecule has 1 rings (SSSR count). The molecule has 2 N–H and O–H groups in total. The summed E-state index contributed by atoms with van der Waals surface area (Å²) in [7, 11) is 0. The number of aliphatic hydroxyl groups is 1. The molecule has 0 spiro atoms. The van der Waals surface area contributed by atoms with Crippen LogP contribution in [-0.2, 0) is 4.79 Å². The summed E-state index contributed by atoms with van der Waals surface area (Å²) in [6.07, 6.45) is 3.96. The van der Waals surface area contributed by atoms with Crippen LogP contribution in [0.5, 0.6) is 0 Å². The van der Waals surface area contributed by atoms with Crippen LogP contribution >= 0.6 is 0 Å². The van der Waals surface area contributed by atoms with E-state index in [0.717, 1.165) is 32.4 Å². The summed E-state index contributed by atoms with van der Waals surface area (Å²) in [5.41, 5.74) is 0. The highest BCUT2D eigenvalue weighted by Crippen LogP contribution is 2.20. The Balaban J connectivity index is 2.38. The van der Waals surface area contributed by atoms with Crippen molar-refractivity contribution >= 4 is 5.91 Å². The van der Waals surface area contributed by atoms with Crippen molar-refractivity contribution in [1.29, 1.82) is 0 Å². The van der Waals surface area contributed by atoms with E-state index in [-0.39, 0.29) is 12.0 Å². The molecule has 0 aromatic rings. The van der Waals surface area contributed by atoms with Gasteiger partial charge in [0.2, 0.25) is 5.91 Å². The Morgan fingerprint density at radius 3 is 2.72 bits per heavy atom. The van der Waals surface area contributed by atoms with E-state index < -0.39 is 0 Å². The lowest BCUT2D eigenvalue weighted by molar-refractivity contribution is -0.123. The zero-order valence-corrected chi connectivity index (χ0v) is 12.0. The van der Waals surface area contributed by atoms with E-state index >= 15 is 0 Å². The largest absolute Gasteiger partial charge is 0.393 e. The number of amides is 1. The second kappa shape index (κ2) is 7.74. The molecule has 2 unspecified atom stereocenters. The van der Waals surface area contributed by atoms with Gasteiger partial charge in [-0.3, -0.25) is 9.69 Å². The molecular formula is C14H28N2O2. The summed E-state index contributed by atoms with van der Waals surface area (Å²) in [5, 5.41) is 12.5. The number of piperidine rings is 1. The molecule has 18 heavy (non-hydrogen) atoms. The van der Waals surface area contributed by atoms with Gasteiger partial charge in [0.1, 0.15) is 0 Å². The van der Waals surface area contributed by atoms with Crippen molar-refractivity contribution in [2.24, 2.45) is 5.92 Å². The fraction of sp³-hybridized carbons (Fsp3) is 0.929. The standard InChI is InChI=1S/C14H28N2O2/c1-11(2)9-15-14(18)10-16-7-5-4-6-13(16)8-12(3)17/h11-13,17H,4-10H2,1-3H3,(H,15,18). The summed E-state index contributed by atoms with van der Waals surface area (Å²) in [4.78, 5) is 14.1. The first-order chi connectivity index (χ1) is 8.49. The Morgan fingerprint density at radius 2 is 2.11 bits per heavy atom. The molecule has 1 saturated heterocycles. The number of carbonyl (C=O) groups is 1. The van der Waals surface area contributed by atoms with Gasteiger partial charge in [0, 0.05) is 12.6 Å². The van der Waals surface area contributed by atoms with Crippen LogP contribution in [0.4, 0.5) is 0 Å². The minimum absolute atomic E-state index is 0.112. The van der Waals surface area contributed by atoms with Gasteiger partial charge in [0.05, 0.1) is 12.6 Å². The zero-order chi connectivity index (χ0) is 13.5. The number of rotatable bonds is 6. The second-order valence-corrected chi connectivity index (χ2v) is 5.90. The van der Waals surface area contributed by atoms with Crippen molar-refractivity contribution in [2.75, 3.05) is 19.6 Å². The fourth-order valence-electron chi connectivity index (χ4n) is 2.49. The van der Waals surface area contributed by atoms with E-state index in [1.54, 1.807) is 0 Å². The molecule has 1 fully saturated rings. The Kier molecular flexibility index (Phi) is 6.65. The maximum Gasteiger partial charge on any atom is 0.234 e. The molecule has 1 amide bonds. The fourth-order valence-corrected chi connectivity index (χ4v) is 2.49. The van der Waals surface area contributed by atoms with E-state index in [2.05, 4.69) is 24.1 Å². The summed E-state index contributed by atoms with van der Waals surface area (Å²) in [6.45, 7) is 8.21. The number of nitrogens with one attached hydrogen (secondary N) is 1. The van der Waals surface area contributed by atoms with E-state index in [4.69, 9.17) is 0 Å². The number of hydrogen-bond donors (Lipinski definition) is 2. The highest BCUT2D eigenvalue weighted by atomic mass is 16.3. The van der Waals surface area contributed by atoms with Crippen LogP contribution < -0.4 is 5.32 Å². The third-order valence-electron chi connectivity index (χ3n) is 3.42. The lowest BCUT2D eigenvalue weighted by atomic mass is 9.97. The third kappa shape index (κ3) is 5.83. The van der Waals surface area contributed by atoms with Gasteiger partial charge in [-0.2, -0.15) is 0 Å². The summed E-state index contributed by atoms with van der Waals surface area (Å²) in [5.74, 6) is 0.602. The van der Waals surface area contributed by atoms with E-state index in [1.165, 1.54) is 6.42 Å². The molecule has 0 radical (unpaired) electrons. The monoisotopic (exact) mass is 256 g/mol. The normalized spacial score (nSPS) is 23.1. The number of hydrogen-bond acceptors (Lipinski definition) is 3. The predicted molar refractivity (Wildman–Crippen MR) is 73.4 cm³/mol. The van der Waals surface area contributed by atoms with Crippen molar-refractivity contribution in [3.8, 4) is 0 Å². The number of likely N-dealkylation sites (tertiary alicyclic amines) is 1. The first-order valence-electron chi connectivity index (χ1n) is 7.18. The van der Waals surface area contributed by atoms with Crippen LogP contribution in [0, 0.1) is 5.92 Å². The molecule has 1 aliphatic heterocycles. The number of nitrogens with zero attached hydrogens (tertiary/aromatic N) is 1. The van der Waals surface area contributed by atoms with Crippen LogP contribution in [0.15, 0.2) is 0 Å². The van der Waals surface area contributed by atoms with Crippen LogP contribution in [-0.4, -0.2) is 47.7 Å². The third-order valence-corrected chi connectivity index (χ3v) is 3.42. The van der Waals surface area contributed by atoms with Gasteiger partial charge < -0.3 is 10.4 Å². The minimum atomic E-state index is -0.283. The highest BCUT2D eigenvalue weighted by molar-refractivity contribution is 5.78. The van der Waals surface area contributed by atoms with Crippen molar-refractivity contribution in [2.45, 2.75) is 58.6 Å². The van der Waals surface area contributed by atoms with Gasteiger partial charge in [-0.1, -0.05) is 20.3 Å². The molecule has 1 heterocycles. The molecule has 0 bridgehead atoms. The van der Waals surface area contributed by atoms with Gasteiger partial charge in [-0.25, -0.2) is 0 Å². The molecular weight excluding hydrogens is 228 g/mol. The Morgan fingerprint density at radius 1 is 1.39 bits per heavy atom. The summed E-state index contributed by atoms with van der Waals surface area (Å²) < 4.78 is 0. The quantitative estimate of drug-likeness (QED) is 0.755. The zero-order valence-electron chi connectivity index (χ0n) is 12.0. The lowest BCUT2D eigenvalue weighted by Gasteiger charge is -2.35. The number of aliphatic hydroxyl groups excluding tert-OH is 1. The van der Waals surface area contributed by atoms with Crippen LogP contribution in [0.25, 0.3) is 0 Å². The van der Waals surface area contributed by atoms with Crippen LogP contribution in [0.3, 0.4) is 0 Å². The summed E-state index contributed by atoms with van der Waals surface area (Å²) >= 11 is 0. The van der Waals surface area contributed by atoms with Crippen LogP contribution in [0.2, 0.25) is 0 Å². The van der Waals surface area contributed by atoms with Gasteiger partial charge in [0.25, 0.3) is 0 Å². The van der Waals surface area contributed by atoms with Gasteiger partial charge in [-0.15, -0.1) is 0 Å². The molecule has 0 aliphatic carbocycles. The predicted octanol–water partition coefficient (Wildman–Crippen LogP) is 1.38. The van der Waals surface area contributed by atoms with E-state index in [1.807, 2.05) is 6.92 Å². The van der Waals surface area contributed by atoms with Crippen molar-refractivity contribution in [3.63, 3.8) is 0 Å². The molecule has 4 heteroatoms. The topological polar surface area (TPSA) is 52.6 Å². The van der Waals surface area contributed by atoms with Crippen LogP contribution in [0.1, 0.15) is 46.5 Å². The number of carbonyl (C=O) groups excluding carboxylic acids is 1. The SMILES string of the molecule is CC(C)CNC(=O)CN1CCCCC1CC(C)O. The molecule has 1 aliphatic rings. The summed E-state index contributed by atoms with van der Waals surface area (Å²) in [6, 6.07) is 0.364. The highest BCUT2D eigenvalue weighted by Gasteiger charge is 2.25. The maximum atomic E-state index is 11.8. The first-order valence-corrected chi connectivity index (χ1v) is 7.18. The van der Waals surface area contributed by atoms with Gasteiger partial charge in [0.15, 0.2) is 0 Å². The smallest absolute Gasteiger partial charge is 0.234 e. The minimum Gasteiger partial charge on any atom is -0.393 e. The Labute approximate surface area is 111 Å². The molecule has 2 atom stereocenters. The molecule has 4 nitrogen and oxygen atoms in total. The molecule has 0 aromatic carbocycles. The maximum absolute atomic E-state index is 11.8.